The first-order chi connectivity index (χ1) is 8.26. The number of nitrogens with zero attached hydrogens (tertiary/aromatic N) is 3. The Labute approximate surface area is 103 Å². The van der Waals surface area contributed by atoms with Crippen molar-refractivity contribution in [3.63, 3.8) is 0 Å². The first kappa shape index (κ1) is 12.0. The molecule has 0 aliphatic heterocycles. The minimum Gasteiger partial charge on any atom is -0.396 e. The topological polar surface area (TPSA) is 71.2 Å². The van der Waals surface area contributed by atoms with Gasteiger partial charge >= 0.3 is 0 Å². The Hall–Kier alpha value is -1.43. The van der Waals surface area contributed by atoms with Gasteiger partial charge in [-0.05, 0) is 18.2 Å². The summed E-state index contributed by atoms with van der Waals surface area (Å²) in [5.41, 5.74) is 0.608. The van der Waals surface area contributed by atoms with Crippen LogP contribution in [0.5, 0.6) is 0 Å². The lowest BCUT2D eigenvalue weighted by atomic mass is 10.1. The van der Waals surface area contributed by atoms with Gasteiger partial charge < -0.3 is 10.2 Å². The predicted octanol–water partition coefficient (Wildman–Crippen LogP) is 0.989. The van der Waals surface area contributed by atoms with Gasteiger partial charge in [0.1, 0.15) is 0 Å². The third-order valence-electron chi connectivity index (χ3n) is 2.42. The molecule has 2 aromatic rings. The predicted molar refractivity (Wildman–Crippen MR) is 63.3 cm³/mol. The van der Waals surface area contributed by atoms with E-state index >= 15 is 0 Å². The largest absolute Gasteiger partial charge is 0.396 e. The molecule has 0 spiro atoms. The summed E-state index contributed by atoms with van der Waals surface area (Å²) in [5.74, 6) is 0.147. The second-order valence-electron chi connectivity index (χ2n) is 3.56. The van der Waals surface area contributed by atoms with Crippen LogP contribution < -0.4 is 0 Å². The molecule has 0 saturated carbocycles. The highest BCUT2D eigenvalue weighted by atomic mass is 35.5. The van der Waals surface area contributed by atoms with Gasteiger partial charge in [-0.2, -0.15) is 5.10 Å². The van der Waals surface area contributed by atoms with Gasteiger partial charge in [0, 0.05) is 18.3 Å². The van der Waals surface area contributed by atoms with E-state index < -0.39 is 0 Å². The summed E-state index contributed by atoms with van der Waals surface area (Å²) < 4.78 is 1.52. The maximum absolute atomic E-state index is 9.06. The number of hydrogen-bond donors (Lipinski definition) is 2. The summed E-state index contributed by atoms with van der Waals surface area (Å²) in [5, 5.41) is 22.9. The molecule has 0 amide bonds. The molecule has 2 aromatic heterocycles. The van der Waals surface area contributed by atoms with Gasteiger partial charge in [0.05, 0.1) is 23.9 Å². The molecule has 0 saturated heterocycles. The molecule has 0 atom stereocenters. The summed E-state index contributed by atoms with van der Waals surface area (Å²) in [7, 11) is 0. The van der Waals surface area contributed by atoms with Gasteiger partial charge in [-0.15, -0.1) is 0 Å². The maximum atomic E-state index is 9.06. The van der Waals surface area contributed by atoms with Crippen LogP contribution in [0.1, 0.15) is 11.6 Å². The molecule has 0 aliphatic carbocycles. The zero-order chi connectivity index (χ0) is 12.3. The Balaban J connectivity index is 2.33. The van der Waals surface area contributed by atoms with Crippen LogP contribution >= 0.6 is 11.6 Å². The molecule has 90 valence electrons. The lowest BCUT2D eigenvalue weighted by Gasteiger charge is -2.07. The number of halogens is 1. The minimum atomic E-state index is -0.376. The van der Waals surface area contributed by atoms with Gasteiger partial charge in [-0.25, -0.2) is 9.67 Å². The fourth-order valence-corrected chi connectivity index (χ4v) is 1.67. The first-order valence-electron chi connectivity index (χ1n) is 5.14. The van der Waals surface area contributed by atoms with Crippen molar-refractivity contribution in [2.24, 2.45) is 0 Å². The molecule has 2 rings (SSSR count). The first-order valence-corrected chi connectivity index (χ1v) is 5.52. The van der Waals surface area contributed by atoms with Crippen LogP contribution in [0.2, 0.25) is 5.02 Å². The summed E-state index contributed by atoms with van der Waals surface area (Å²) in [6, 6.07) is 5.18. The second-order valence-corrected chi connectivity index (χ2v) is 3.96. The molecule has 2 heterocycles. The van der Waals surface area contributed by atoms with Crippen LogP contribution in [0, 0.1) is 0 Å². The molecule has 6 heteroatoms. The van der Waals surface area contributed by atoms with E-state index in [-0.39, 0.29) is 19.1 Å². The highest BCUT2D eigenvalue weighted by Gasteiger charge is 2.13. The average molecular weight is 254 g/mol. The van der Waals surface area contributed by atoms with Crippen molar-refractivity contribution in [2.45, 2.75) is 5.92 Å². The molecule has 17 heavy (non-hydrogen) atoms. The smallest absolute Gasteiger partial charge is 0.172 e. The molecule has 0 unspecified atom stereocenters. The van der Waals surface area contributed by atoms with Gasteiger partial charge in [0.25, 0.3) is 0 Å². The van der Waals surface area contributed by atoms with Crippen molar-refractivity contribution in [1.29, 1.82) is 0 Å². The quantitative estimate of drug-likeness (QED) is 0.852. The third kappa shape index (κ3) is 2.46. The van der Waals surface area contributed by atoms with Crippen LogP contribution in [0.15, 0.2) is 30.6 Å². The number of aromatic nitrogens is 3. The minimum absolute atomic E-state index is 0.149. The second kappa shape index (κ2) is 5.27. The number of aliphatic hydroxyl groups is 2. The Morgan fingerprint density at radius 3 is 2.71 bits per heavy atom. The Morgan fingerprint density at radius 2 is 2.06 bits per heavy atom. The van der Waals surface area contributed by atoms with Crippen LogP contribution in [0.3, 0.4) is 0 Å². The van der Waals surface area contributed by atoms with E-state index in [2.05, 4.69) is 10.1 Å². The van der Waals surface area contributed by atoms with Gasteiger partial charge in [-0.3, -0.25) is 0 Å². The lowest BCUT2D eigenvalue weighted by molar-refractivity contribution is 0.190. The van der Waals surface area contributed by atoms with E-state index in [0.29, 0.717) is 16.5 Å². The van der Waals surface area contributed by atoms with E-state index in [1.165, 1.54) is 4.68 Å². The molecule has 5 nitrogen and oxygen atoms in total. The fraction of sp³-hybridized carbons (Fsp3) is 0.273. The summed E-state index contributed by atoms with van der Waals surface area (Å²) in [6.45, 7) is -0.299. The van der Waals surface area contributed by atoms with Gasteiger partial charge in [-0.1, -0.05) is 11.6 Å². The SMILES string of the molecule is OCC(CO)c1ccn(-c2ncccc2Cl)n1. The lowest BCUT2D eigenvalue weighted by Crippen LogP contribution is -2.10. The molecule has 0 fully saturated rings. The monoisotopic (exact) mass is 253 g/mol. The number of aliphatic hydroxyl groups excluding tert-OH is 2. The van der Waals surface area contributed by atoms with E-state index in [4.69, 9.17) is 21.8 Å². The Morgan fingerprint density at radius 1 is 1.29 bits per heavy atom. The molecule has 0 aromatic carbocycles. The number of rotatable bonds is 4. The van der Waals surface area contributed by atoms with E-state index in [1.807, 2.05) is 0 Å². The van der Waals surface area contributed by atoms with Crippen LogP contribution in [-0.2, 0) is 0 Å². The Kier molecular flexibility index (Phi) is 3.73. The summed E-state index contributed by atoms with van der Waals surface area (Å²) in [6.07, 6.45) is 3.32. The van der Waals surface area contributed by atoms with Crippen LogP contribution in [-0.4, -0.2) is 38.2 Å². The highest BCUT2D eigenvalue weighted by molar-refractivity contribution is 6.32. The van der Waals surface area contributed by atoms with Crippen molar-refractivity contribution >= 4 is 11.6 Å². The molecule has 0 radical (unpaired) electrons. The molecular weight excluding hydrogens is 242 g/mol. The van der Waals surface area contributed by atoms with Crippen molar-refractivity contribution in [3.8, 4) is 5.82 Å². The summed E-state index contributed by atoms with van der Waals surface area (Å²) in [4.78, 5) is 4.12. The molecule has 2 N–H and O–H groups in total. The van der Waals surface area contributed by atoms with Gasteiger partial charge in [0.15, 0.2) is 5.82 Å². The van der Waals surface area contributed by atoms with Gasteiger partial charge in [0.2, 0.25) is 0 Å². The third-order valence-corrected chi connectivity index (χ3v) is 2.72. The van der Waals surface area contributed by atoms with Crippen molar-refractivity contribution in [1.82, 2.24) is 14.8 Å². The van der Waals surface area contributed by atoms with E-state index in [0.717, 1.165) is 0 Å². The standard InChI is InChI=1S/C11H12ClN3O2/c12-9-2-1-4-13-11(9)15-5-3-10(14-15)8(6-16)7-17/h1-5,8,16-17H,6-7H2. The number of pyridine rings is 1. The normalized spacial score (nSPS) is 11.1. The van der Waals surface area contributed by atoms with Crippen molar-refractivity contribution in [3.05, 3.63) is 41.3 Å². The van der Waals surface area contributed by atoms with Crippen LogP contribution in [0.4, 0.5) is 0 Å². The van der Waals surface area contributed by atoms with Crippen LogP contribution in [0.25, 0.3) is 5.82 Å². The molecule has 0 bridgehead atoms. The van der Waals surface area contributed by atoms with Crippen molar-refractivity contribution < 1.29 is 10.2 Å². The maximum Gasteiger partial charge on any atom is 0.172 e. The highest BCUT2D eigenvalue weighted by Crippen LogP contribution is 2.18. The average Bonchev–Trinajstić information content (AvgIpc) is 2.81. The van der Waals surface area contributed by atoms with E-state index in [1.54, 1.807) is 30.6 Å². The molecular formula is C11H12ClN3O2. The van der Waals surface area contributed by atoms with E-state index in [9.17, 15) is 0 Å². The fourth-order valence-electron chi connectivity index (χ4n) is 1.46. The molecule has 0 aliphatic rings. The number of hydrogen-bond acceptors (Lipinski definition) is 4. The van der Waals surface area contributed by atoms with Crippen molar-refractivity contribution in [2.75, 3.05) is 13.2 Å². The summed E-state index contributed by atoms with van der Waals surface area (Å²) >= 11 is 5.99. The zero-order valence-corrected chi connectivity index (χ0v) is 9.75. The zero-order valence-electron chi connectivity index (χ0n) is 8.99. The Bertz CT molecular complexity index is 497.